The minimum absolute atomic E-state index is 0.0714. The number of nitrogens with zero attached hydrogens (tertiary/aromatic N) is 1. The second-order valence-corrected chi connectivity index (χ2v) is 6.33. The molecule has 1 amide bonds. The molecule has 0 aliphatic heterocycles. The average molecular weight is 334 g/mol. The summed E-state index contributed by atoms with van der Waals surface area (Å²) in [6.45, 7) is 1.98. The van der Waals surface area contributed by atoms with E-state index < -0.39 is 0 Å². The smallest absolute Gasteiger partial charge is 0.244 e. The lowest BCUT2D eigenvalue weighted by Gasteiger charge is -2.13. The molecule has 0 aliphatic rings. The molecular formula is C20H18N2OS. The van der Waals surface area contributed by atoms with Crippen LogP contribution in [-0.2, 0) is 4.79 Å². The summed E-state index contributed by atoms with van der Waals surface area (Å²) in [7, 11) is 0. The molecule has 1 N–H and O–H groups in total. The maximum atomic E-state index is 12.1. The van der Waals surface area contributed by atoms with E-state index in [2.05, 4.69) is 16.4 Å². The van der Waals surface area contributed by atoms with Crippen LogP contribution in [0.15, 0.2) is 72.3 Å². The third-order valence-corrected chi connectivity index (χ3v) is 4.47. The quantitative estimate of drug-likeness (QED) is 0.687. The molecular weight excluding hydrogens is 316 g/mol. The molecule has 4 heteroatoms. The predicted octanol–water partition coefficient (Wildman–Crippen LogP) is 4.70. The minimum atomic E-state index is -0.106. The van der Waals surface area contributed by atoms with E-state index in [9.17, 15) is 4.79 Å². The topological polar surface area (TPSA) is 42.0 Å². The van der Waals surface area contributed by atoms with Gasteiger partial charge in [-0.15, -0.1) is 11.3 Å². The number of hydrogen-bond donors (Lipinski definition) is 1. The molecule has 0 fully saturated rings. The summed E-state index contributed by atoms with van der Waals surface area (Å²) < 4.78 is 0. The zero-order valence-electron chi connectivity index (χ0n) is 13.3. The molecule has 0 bridgehead atoms. The lowest BCUT2D eigenvalue weighted by Crippen LogP contribution is -2.24. The van der Waals surface area contributed by atoms with Crippen LogP contribution in [0.5, 0.6) is 0 Å². The number of carbonyl (C=O) groups is 1. The number of carbonyl (C=O) groups excluding carboxylic acids is 1. The average Bonchev–Trinajstić information content (AvgIpc) is 3.16. The lowest BCUT2D eigenvalue weighted by atomic mass is 10.1. The predicted molar refractivity (Wildman–Crippen MR) is 99.6 cm³/mol. The Kier molecular flexibility index (Phi) is 5.18. The van der Waals surface area contributed by atoms with Crippen molar-refractivity contribution in [1.29, 1.82) is 0 Å². The van der Waals surface area contributed by atoms with Crippen LogP contribution in [0.2, 0.25) is 0 Å². The monoisotopic (exact) mass is 334 g/mol. The molecule has 1 aromatic heterocycles. The van der Waals surface area contributed by atoms with Crippen LogP contribution in [0.1, 0.15) is 24.1 Å². The van der Waals surface area contributed by atoms with E-state index in [1.165, 1.54) is 0 Å². The van der Waals surface area contributed by atoms with E-state index in [4.69, 9.17) is 0 Å². The number of thiazole rings is 1. The summed E-state index contributed by atoms with van der Waals surface area (Å²) >= 11 is 1.61. The Bertz CT molecular complexity index is 826. The molecule has 0 unspecified atom stereocenters. The summed E-state index contributed by atoms with van der Waals surface area (Å²) in [5, 5.41) is 5.94. The Balaban J connectivity index is 1.66. The second-order valence-electron chi connectivity index (χ2n) is 5.44. The number of rotatable bonds is 5. The fourth-order valence-electron chi connectivity index (χ4n) is 2.39. The molecule has 3 rings (SSSR count). The van der Waals surface area contributed by atoms with Crippen LogP contribution >= 0.6 is 11.3 Å². The summed E-state index contributed by atoms with van der Waals surface area (Å²) in [4.78, 5) is 16.4. The van der Waals surface area contributed by atoms with Gasteiger partial charge in [-0.1, -0.05) is 48.5 Å². The molecule has 1 atom stereocenters. The van der Waals surface area contributed by atoms with Crippen molar-refractivity contribution in [2.24, 2.45) is 0 Å². The number of nitrogens with one attached hydrogen (secondary N) is 1. The summed E-state index contributed by atoms with van der Waals surface area (Å²) in [5.41, 5.74) is 3.14. The first kappa shape index (κ1) is 16.1. The fourth-order valence-corrected chi connectivity index (χ4v) is 3.02. The van der Waals surface area contributed by atoms with Crippen LogP contribution in [0, 0.1) is 0 Å². The van der Waals surface area contributed by atoms with Gasteiger partial charge in [0.05, 0.1) is 6.04 Å². The maximum absolute atomic E-state index is 12.1. The van der Waals surface area contributed by atoms with E-state index in [0.717, 1.165) is 21.7 Å². The van der Waals surface area contributed by atoms with Gasteiger partial charge in [-0.2, -0.15) is 0 Å². The first-order chi connectivity index (χ1) is 11.7. The first-order valence-corrected chi connectivity index (χ1v) is 8.64. The van der Waals surface area contributed by atoms with Gasteiger partial charge in [-0.05, 0) is 30.2 Å². The first-order valence-electron chi connectivity index (χ1n) is 7.76. The SMILES string of the molecule is C[C@H](NC(=O)C=Cc1ccccc1)c1cccc(-c2nccs2)c1. The summed E-state index contributed by atoms with van der Waals surface area (Å²) in [5.74, 6) is -0.106. The van der Waals surface area contributed by atoms with E-state index >= 15 is 0 Å². The zero-order valence-corrected chi connectivity index (χ0v) is 14.2. The molecule has 0 spiro atoms. The van der Waals surface area contributed by atoms with Gasteiger partial charge in [-0.25, -0.2) is 4.98 Å². The molecule has 2 aromatic carbocycles. The molecule has 0 saturated carbocycles. The Morgan fingerprint density at radius 2 is 2.00 bits per heavy atom. The van der Waals surface area contributed by atoms with Gasteiger partial charge >= 0.3 is 0 Å². The Morgan fingerprint density at radius 1 is 1.17 bits per heavy atom. The van der Waals surface area contributed by atoms with Crippen LogP contribution < -0.4 is 5.32 Å². The minimum Gasteiger partial charge on any atom is -0.346 e. The largest absolute Gasteiger partial charge is 0.346 e. The third-order valence-electron chi connectivity index (χ3n) is 3.65. The van der Waals surface area contributed by atoms with Crippen molar-refractivity contribution < 1.29 is 4.79 Å². The van der Waals surface area contributed by atoms with Crippen molar-refractivity contribution in [3.05, 3.63) is 83.4 Å². The molecule has 0 saturated heterocycles. The number of benzene rings is 2. The number of aromatic nitrogens is 1. The standard InChI is InChI=1S/C20H18N2OS/c1-15(22-19(23)11-10-16-6-3-2-4-7-16)17-8-5-9-18(14-17)20-21-12-13-24-20/h2-15H,1H3,(H,22,23)/t15-/m0/s1. The van der Waals surface area contributed by atoms with Crippen LogP contribution in [-0.4, -0.2) is 10.9 Å². The van der Waals surface area contributed by atoms with Crippen LogP contribution in [0.25, 0.3) is 16.6 Å². The van der Waals surface area contributed by atoms with Gasteiger partial charge in [0.25, 0.3) is 0 Å². The lowest BCUT2D eigenvalue weighted by molar-refractivity contribution is -0.117. The van der Waals surface area contributed by atoms with Crippen molar-refractivity contribution >= 4 is 23.3 Å². The highest BCUT2D eigenvalue weighted by atomic mass is 32.1. The van der Waals surface area contributed by atoms with E-state index in [1.54, 1.807) is 23.6 Å². The highest BCUT2D eigenvalue weighted by Crippen LogP contribution is 2.24. The zero-order chi connectivity index (χ0) is 16.8. The second kappa shape index (κ2) is 7.70. The molecule has 1 heterocycles. The Morgan fingerprint density at radius 3 is 2.75 bits per heavy atom. The maximum Gasteiger partial charge on any atom is 0.244 e. The van der Waals surface area contributed by atoms with Crippen LogP contribution in [0.3, 0.4) is 0 Å². The fraction of sp³-hybridized carbons (Fsp3) is 0.100. The molecule has 120 valence electrons. The van der Waals surface area contributed by atoms with Crippen molar-refractivity contribution in [3.8, 4) is 10.6 Å². The highest BCUT2D eigenvalue weighted by molar-refractivity contribution is 7.13. The van der Waals surface area contributed by atoms with Crippen LogP contribution in [0.4, 0.5) is 0 Å². The van der Waals surface area contributed by atoms with Gasteiger partial charge in [0, 0.05) is 23.2 Å². The van der Waals surface area contributed by atoms with Gasteiger partial charge < -0.3 is 5.32 Å². The number of hydrogen-bond acceptors (Lipinski definition) is 3. The van der Waals surface area contributed by atoms with Crippen molar-refractivity contribution in [1.82, 2.24) is 10.3 Å². The van der Waals surface area contributed by atoms with E-state index in [1.807, 2.05) is 66.9 Å². The van der Waals surface area contributed by atoms with Crippen molar-refractivity contribution in [2.45, 2.75) is 13.0 Å². The molecule has 3 aromatic rings. The molecule has 3 nitrogen and oxygen atoms in total. The molecule has 0 aliphatic carbocycles. The Labute approximate surface area is 145 Å². The molecule has 0 radical (unpaired) electrons. The highest BCUT2D eigenvalue weighted by Gasteiger charge is 2.09. The van der Waals surface area contributed by atoms with Crippen molar-refractivity contribution in [3.63, 3.8) is 0 Å². The third kappa shape index (κ3) is 4.18. The van der Waals surface area contributed by atoms with E-state index in [-0.39, 0.29) is 11.9 Å². The summed E-state index contributed by atoms with van der Waals surface area (Å²) in [6.07, 6.45) is 5.18. The van der Waals surface area contributed by atoms with Crippen molar-refractivity contribution in [2.75, 3.05) is 0 Å². The van der Waals surface area contributed by atoms with Gasteiger partial charge in [0.1, 0.15) is 5.01 Å². The summed E-state index contributed by atoms with van der Waals surface area (Å²) in [6, 6.07) is 17.8. The normalized spacial score (nSPS) is 12.2. The number of amides is 1. The Hall–Kier alpha value is -2.72. The van der Waals surface area contributed by atoms with E-state index in [0.29, 0.717) is 0 Å². The van der Waals surface area contributed by atoms with Gasteiger partial charge in [0.2, 0.25) is 5.91 Å². The van der Waals surface area contributed by atoms with Gasteiger partial charge in [-0.3, -0.25) is 4.79 Å². The molecule has 24 heavy (non-hydrogen) atoms. The van der Waals surface area contributed by atoms with Gasteiger partial charge in [0.15, 0.2) is 0 Å².